The maximum atomic E-state index is 13.2. The average molecular weight is 333 g/mol. The van der Waals surface area contributed by atoms with Crippen molar-refractivity contribution in [1.82, 2.24) is 9.88 Å². The highest BCUT2D eigenvalue weighted by Crippen LogP contribution is 2.19. The molecule has 1 atom stereocenters. The van der Waals surface area contributed by atoms with Gasteiger partial charge in [-0.15, -0.1) is 0 Å². The molecule has 3 rings (SSSR count). The first-order valence-corrected chi connectivity index (χ1v) is 7.83. The minimum Gasteiger partial charge on any atom is -0.344 e. The van der Waals surface area contributed by atoms with E-state index >= 15 is 0 Å². The third-order valence-corrected chi connectivity index (χ3v) is 3.97. The van der Waals surface area contributed by atoms with Crippen molar-refractivity contribution in [2.75, 3.05) is 0 Å². The Kier molecular flexibility index (Phi) is 4.62. The summed E-state index contributed by atoms with van der Waals surface area (Å²) in [6.07, 6.45) is 1.63. The number of nitriles is 1. The van der Waals surface area contributed by atoms with Crippen LogP contribution in [0.1, 0.15) is 34.6 Å². The number of amides is 1. The number of benzene rings is 2. The molecule has 1 unspecified atom stereocenters. The zero-order valence-corrected chi connectivity index (χ0v) is 13.6. The quantitative estimate of drug-likeness (QED) is 0.785. The van der Waals surface area contributed by atoms with Crippen LogP contribution < -0.4 is 5.32 Å². The second-order valence-electron chi connectivity index (χ2n) is 5.64. The lowest BCUT2D eigenvalue weighted by molar-refractivity contribution is 0.0933. The molecule has 0 spiro atoms. The summed E-state index contributed by atoms with van der Waals surface area (Å²) in [4.78, 5) is 12.8. The Hall–Kier alpha value is -3.39. The van der Waals surface area contributed by atoms with Crippen molar-refractivity contribution < 1.29 is 9.18 Å². The molecule has 0 aliphatic carbocycles. The van der Waals surface area contributed by atoms with Crippen molar-refractivity contribution in [3.63, 3.8) is 0 Å². The van der Waals surface area contributed by atoms with Crippen molar-refractivity contribution >= 4 is 5.91 Å². The van der Waals surface area contributed by atoms with E-state index in [-0.39, 0.29) is 29.0 Å². The molecule has 0 saturated carbocycles. The van der Waals surface area contributed by atoms with E-state index in [1.807, 2.05) is 43.3 Å². The number of nitrogens with one attached hydrogen (secondary N) is 1. The fourth-order valence-corrected chi connectivity index (χ4v) is 2.66. The number of aromatic nitrogens is 1. The molecule has 124 valence electrons. The molecule has 3 aromatic rings. The summed E-state index contributed by atoms with van der Waals surface area (Å²) < 4.78 is 14.7. The predicted molar refractivity (Wildman–Crippen MR) is 92.8 cm³/mol. The van der Waals surface area contributed by atoms with Gasteiger partial charge in [0.05, 0.1) is 11.6 Å². The van der Waals surface area contributed by atoms with Crippen molar-refractivity contribution in [1.29, 1.82) is 5.26 Å². The molecule has 0 radical (unpaired) electrons. The van der Waals surface area contributed by atoms with Crippen molar-refractivity contribution in [3.8, 4) is 11.8 Å². The molecule has 0 saturated heterocycles. The number of carbonyl (C=O) groups is 1. The number of halogens is 1. The maximum absolute atomic E-state index is 13.2. The monoisotopic (exact) mass is 333 g/mol. The van der Waals surface area contributed by atoms with Gasteiger partial charge in [-0.2, -0.15) is 5.26 Å². The summed E-state index contributed by atoms with van der Waals surface area (Å²) in [5.41, 5.74) is 2.08. The SMILES string of the molecule is CC(NC(=O)c1c(C#N)ccn1-c1ccc(F)cc1)c1ccccc1. The summed E-state index contributed by atoms with van der Waals surface area (Å²) in [6, 6.07) is 18.7. The molecule has 2 aromatic carbocycles. The molecule has 0 fully saturated rings. The van der Waals surface area contributed by atoms with Crippen molar-refractivity contribution in [2.45, 2.75) is 13.0 Å². The van der Waals surface area contributed by atoms with E-state index in [0.29, 0.717) is 5.69 Å². The van der Waals surface area contributed by atoms with Gasteiger partial charge in [-0.25, -0.2) is 4.39 Å². The minimum absolute atomic E-state index is 0.211. The molecule has 0 aliphatic heterocycles. The molecule has 1 aromatic heterocycles. The zero-order valence-electron chi connectivity index (χ0n) is 13.6. The Morgan fingerprint density at radius 3 is 2.44 bits per heavy atom. The summed E-state index contributed by atoms with van der Waals surface area (Å²) in [7, 11) is 0. The first-order valence-electron chi connectivity index (χ1n) is 7.83. The second kappa shape index (κ2) is 7.02. The Labute approximate surface area is 145 Å². The third kappa shape index (κ3) is 3.43. The van der Waals surface area contributed by atoms with E-state index < -0.39 is 0 Å². The molecular weight excluding hydrogens is 317 g/mol. The van der Waals surface area contributed by atoms with Crippen LogP contribution in [-0.2, 0) is 0 Å². The molecule has 25 heavy (non-hydrogen) atoms. The average Bonchev–Trinajstić information content (AvgIpc) is 3.07. The standard InChI is InChI=1S/C20H16FN3O/c1-14(15-5-3-2-4-6-15)23-20(25)19-16(13-22)11-12-24(19)18-9-7-17(21)8-10-18/h2-12,14H,1H3,(H,23,25). The molecule has 0 aliphatic rings. The Morgan fingerprint density at radius 1 is 1.12 bits per heavy atom. The Balaban J connectivity index is 1.93. The zero-order chi connectivity index (χ0) is 17.8. The van der Waals surface area contributed by atoms with Crippen LogP contribution in [0.25, 0.3) is 5.69 Å². The largest absolute Gasteiger partial charge is 0.344 e. The summed E-state index contributed by atoms with van der Waals surface area (Å²) in [5, 5.41) is 12.2. The number of nitrogens with zero attached hydrogens (tertiary/aromatic N) is 2. The maximum Gasteiger partial charge on any atom is 0.270 e. The van der Waals surface area contributed by atoms with Crippen LogP contribution in [0, 0.1) is 17.1 Å². The highest BCUT2D eigenvalue weighted by atomic mass is 19.1. The van der Waals surface area contributed by atoms with Crippen LogP contribution in [0.2, 0.25) is 0 Å². The lowest BCUT2D eigenvalue weighted by atomic mass is 10.1. The number of carbonyl (C=O) groups excluding carboxylic acids is 1. The van der Waals surface area contributed by atoms with E-state index in [2.05, 4.69) is 5.32 Å². The molecule has 1 heterocycles. The van der Waals surface area contributed by atoms with Gasteiger partial charge in [0.25, 0.3) is 5.91 Å². The smallest absolute Gasteiger partial charge is 0.270 e. The van der Waals surface area contributed by atoms with Gasteiger partial charge < -0.3 is 9.88 Å². The number of hydrogen-bond donors (Lipinski definition) is 1. The van der Waals surface area contributed by atoms with Crippen LogP contribution in [0.15, 0.2) is 66.9 Å². The van der Waals surface area contributed by atoms with Gasteiger partial charge in [0, 0.05) is 11.9 Å². The number of hydrogen-bond acceptors (Lipinski definition) is 2. The highest BCUT2D eigenvalue weighted by Gasteiger charge is 2.20. The molecule has 4 nitrogen and oxygen atoms in total. The van der Waals surface area contributed by atoms with Crippen molar-refractivity contribution in [3.05, 3.63) is 89.5 Å². The number of rotatable bonds is 4. The summed E-state index contributed by atoms with van der Waals surface area (Å²) in [6.45, 7) is 1.88. The summed E-state index contributed by atoms with van der Waals surface area (Å²) >= 11 is 0. The lowest BCUT2D eigenvalue weighted by Crippen LogP contribution is -2.29. The highest BCUT2D eigenvalue weighted by molar-refractivity contribution is 5.96. The molecule has 0 bridgehead atoms. The summed E-state index contributed by atoms with van der Waals surface area (Å²) in [5.74, 6) is -0.720. The van der Waals surface area contributed by atoms with Gasteiger partial charge >= 0.3 is 0 Å². The van der Waals surface area contributed by atoms with Gasteiger partial charge in [-0.3, -0.25) is 4.79 Å². The first-order chi connectivity index (χ1) is 12.1. The van der Waals surface area contributed by atoms with Crippen LogP contribution in [0.3, 0.4) is 0 Å². The van der Waals surface area contributed by atoms with Crippen LogP contribution in [0.5, 0.6) is 0 Å². The lowest BCUT2D eigenvalue weighted by Gasteiger charge is -2.16. The van der Waals surface area contributed by atoms with Gasteiger partial charge in [0.2, 0.25) is 0 Å². The van der Waals surface area contributed by atoms with Gasteiger partial charge in [-0.05, 0) is 42.8 Å². The van der Waals surface area contributed by atoms with E-state index in [9.17, 15) is 14.4 Å². The van der Waals surface area contributed by atoms with Gasteiger partial charge in [-0.1, -0.05) is 30.3 Å². The topological polar surface area (TPSA) is 57.8 Å². The third-order valence-electron chi connectivity index (χ3n) is 3.97. The fourth-order valence-electron chi connectivity index (χ4n) is 2.66. The normalized spacial score (nSPS) is 11.6. The van der Waals surface area contributed by atoms with E-state index in [0.717, 1.165) is 5.56 Å². The first kappa shape index (κ1) is 16.5. The van der Waals surface area contributed by atoms with E-state index in [4.69, 9.17) is 0 Å². The molecular formula is C20H16FN3O. The Morgan fingerprint density at radius 2 is 1.80 bits per heavy atom. The predicted octanol–water partition coefficient (Wildman–Crippen LogP) is 3.98. The van der Waals surface area contributed by atoms with Gasteiger partial charge in [0.1, 0.15) is 17.6 Å². The molecule has 5 heteroatoms. The molecule has 1 amide bonds. The minimum atomic E-state index is -0.361. The van der Waals surface area contributed by atoms with Gasteiger partial charge in [0.15, 0.2) is 0 Å². The Bertz CT molecular complexity index is 924. The van der Waals surface area contributed by atoms with Crippen LogP contribution in [-0.4, -0.2) is 10.5 Å². The van der Waals surface area contributed by atoms with E-state index in [1.165, 1.54) is 12.1 Å². The fraction of sp³-hybridized carbons (Fsp3) is 0.100. The van der Waals surface area contributed by atoms with Crippen LogP contribution >= 0.6 is 0 Å². The second-order valence-corrected chi connectivity index (χ2v) is 5.64. The van der Waals surface area contributed by atoms with Crippen LogP contribution in [0.4, 0.5) is 4.39 Å². The molecule has 1 N–H and O–H groups in total. The van der Waals surface area contributed by atoms with E-state index in [1.54, 1.807) is 29.0 Å². The van der Waals surface area contributed by atoms with Crippen molar-refractivity contribution in [2.24, 2.45) is 0 Å².